The fourth-order valence-electron chi connectivity index (χ4n) is 1.44. The summed E-state index contributed by atoms with van der Waals surface area (Å²) < 4.78 is 77.1. The van der Waals surface area contributed by atoms with Gasteiger partial charge in [-0.15, -0.1) is 0 Å². The Kier molecular flexibility index (Phi) is 3.02. The van der Waals surface area contributed by atoms with Crippen LogP contribution in [0.4, 0.5) is 26.3 Å². The third kappa shape index (κ3) is 2.05. The lowest BCUT2D eigenvalue weighted by atomic mass is 10.0. The van der Waals surface area contributed by atoms with E-state index >= 15 is 0 Å². The van der Waals surface area contributed by atoms with E-state index in [0.29, 0.717) is 24.3 Å². The third-order valence-corrected chi connectivity index (χ3v) is 2.30. The molecule has 0 heterocycles. The maximum absolute atomic E-state index is 12.9. The van der Waals surface area contributed by atoms with Crippen molar-refractivity contribution in [2.24, 2.45) is 0 Å². The number of rotatable bonds is 1. The van der Waals surface area contributed by atoms with Crippen LogP contribution in [0.15, 0.2) is 24.3 Å². The van der Waals surface area contributed by atoms with E-state index in [9.17, 15) is 26.3 Å². The van der Waals surface area contributed by atoms with Gasteiger partial charge in [-0.2, -0.15) is 0 Å². The summed E-state index contributed by atoms with van der Waals surface area (Å²) in [7, 11) is 0. The molecule has 0 amide bonds. The Labute approximate surface area is 97.5 Å². The zero-order chi connectivity index (χ0) is 13.4. The largest absolute Gasteiger partial charge is 0.204 e. The molecule has 0 spiro atoms. The van der Waals surface area contributed by atoms with Crippen LogP contribution in [0, 0.1) is 34.9 Å². The summed E-state index contributed by atoms with van der Waals surface area (Å²) in [6, 6.07) is 2.24. The molecule has 18 heavy (non-hydrogen) atoms. The van der Waals surface area contributed by atoms with Gasteiger partial charge in [0.15, 0.2) is 34.9 Å². The van der Waals surface area contributed by atoms with E-state index in [1.54, 1.807) is 0 Å². The van der Waals surface area contributed by atoms with Crippen molar-refractivity contribution in [2.45, 2.75) is 0 Å². The second-order valence-corrected chi connectivity index (χ2v) is 3.51. The van der Waals surface area contributed by atoms with E-state index in [4.69, 9.17) is 0 Å². The average Bonchev–Trinajstić information content (AvgIpc) is 2.31. The molecular formula is C12H4F6. The summed E-state index contributed by atoms with van der Waals surface area (Å²) in [5.41, 5.74) is -0.603. The van der Waals surface area contributed by atoms with Crippen molar-refractivity contribution in [2.75, 3.05) is 0 Å². The van der Waals surface area contributed by atoms with Gasteiger partial charge in [-0.3, -0.25) is 0 Å². The minimum Gasteiger partial charge on any atom is -0.204 e. The van der Waals surface area contributed by atoms with Crippen LogP contribution < -0.4 is 0 Å². The molecule has 0 atom stereocenters. The van der Waals surface area contributed by atoms with E-state index in [0.717, 1.165) is 0 Å². The molecule has 0 aliphatic heterocycles. The first-order chi connectivity index (χ1) is 8.40. The van der Waals surface area contributed by atoms with Gasteiger partial charge in [0.05, 0.1) is 0 Å². The second-order valence-electron chi connectivity index (χ2n) is 3.51. The Bertz CT molecular complexity index is 518. The quantitative estimate of drug-likeness (QED) is 0.534. The Morgan fingerprint density at radius 3 is 0.889 bits per heavy atom. The fraction of sp³-hybridized carbons (Fsp3) is 0. The molecule has 0 N–H and O–H groups in total. The van der Waals surface area contributed by atoms with Crippen molar-refractivity contribution in [3.05, 3.63) is 59.2 Å². The molecular weight excluding hydrogens is 258 g/mol. The molecule has 0 unspecified atom stereocenters. The number of halogens is 6. The van der Waals surface area contributed by atoms with Crippen molar-refractivity contribution in [3.63, 3.8) is 0 Å². The van der Waals surface area contributed by atoms with Gasteiger partial charge < -0.3 is 0 Å². The Hall–Kier alpha value is -1.98. The number of hydrogen-bond acceptors (Lipinski definition) is 0. The minimum atomic E-state index is -1.69. The van der Waals surface area contributed by atoms with Crippen LogP contribution in [-0.4, -0.2) is 0 Å². The highest BCUT2D eigenvalue weighted by Gasteiger charge is 2.15. The van der Waals surface area contributed by atoms with Gasteiger partial charge in [-0.25, -0.2) is 26.3 Å². The summed E-state index contributed by atoms with van der Waals surface area (Å²) in [4.78, 5) is 0. The average molecular weight is 262 g/mol. The zero-order valence-corrected chi connectivity index (χ0v) is 8.58. The molecule has 0 aliphatic carbocycles. The van der Waals surface area contributed by atoms with E-state index < -0.39 is 34.9 Å². The molecule has 0 nitrogen and oxygen atoms in total. The maximum atomic E-state index is 12.9. The van der Waals surface area contributed by atoms with Crippen LogP contribution in [0.1, 0.15) is 0 Å². The summed E-state index contributed by atoms with van der Waals surface area (Å²) in [6.45, 7) is 0. The maximum Gasteiger partial charge on any atom is 0.194 e. The van der Waals surface area contributed by atoms with Crippen molar-refractivity contribution < 1.29 is 26.3 Å². The lowest BCUT2D eigenvalue weighted by Crippen LogP contribution is -1.95. The molecule has 0 saturated heterocycles. The lowest BCUT2D eigenvalue weighted by molar-refractivity contribution is 0.445. The minimum absolute atomic E-state index is 0.302. The van der Waals surface area contributed by atoms with Gasteiger partial charge in [-0.1, -0.05) is 0 Å². The van der Waals surface area contributed by atoms with Crippen LogP contribution in [0.3, 0.4) is 0 Å². The number of hydrogen-bond donors (Lipinski definition) is 0. The topological polar surface area (TPSA) is 0 Å². The predicted molar refractivity (Wildman–Crippen MR) is 51.6 cm³/mol. The van der Waals surface area contributed by atoms with Crippen molar-refractivity contribution in [1.82, 2.24) is 0 Å². The predicted octanol–water partition coefficient (Wildman–Crippen LogP) is 4.19. The lowest BCUT2D eigenvalue weighted by Gasteiger charge is -2.05. The smallest absolute Gasteiger partial charge is 0.194 e. The van der Waals surface area contributed by atoms with Crippen molar-refractivity contribution in [1.29, 1.82) is 0 Å². The van der Waals surface area contributed by atoms with Gasteiger partial charge in [0.25, 0.3) is 0 Å². The summed E-state index contributed by atoms with van der Waals surface area (Å²) in [6.07, 6.45) is 0. The summed E-state index contributed by atoms with van der Waals surface area (Å²) in [5, 5.41) is 0. The normalized spacial score (nSPS) is 10.8. The molecule has 0 radical (unpaired) electrons. The first-order valence-electron chi connectivity index (χ1n) is 4.69. The molecule has 6 heteroatoms. The highest BCUT2D eigenvalue weighted by Crippen LogP contribution is 2.26. The third-order valence-electron chi connectivity index (χ3n) is 2.30. The van der Waals surface area contributed by atoms with E-state index in [2.05, 4.69) is 0 Å². The van der Waals surface area contributed by atoms with Crippen LogP contribution >= 0.6 is 0 Å². The Morgan fingerprint density at radius 2 is 0.667 bits per heavy atom. The van der Waals surface area contributed by atoms with Crippen LogP contribution in [0.5, 0.6) is 0 Å². The highest BCUT2D eigenvalue weighted by atomic mass is 19.2. The monoisotopic (exact) mass is 262 g/mol. The molecule has 2 aromatic carbocycles. The van der Waals surface area contributed by atoms with Gasteiger partial charge in [0.1, 0.15) is 0 Å². The van der Waals surface area contributed by atoms with E-state index in [-0.39, 0.29) is 11.1 Å². The molecule has 2 aromatic rings. The van der Waals surface area contributed by atoms with Gasteiger partial charge in [-0.05, 0) is 35.4 Å². The standard InChI is InChI=1S/C12H4F6/c13-7-1-5(2-8(14)11(7)17)6-3-9(15)12(18)10(16)4-6/h1-4H. The van der Waals surface area contributed by atoms with Crippen molar-refractivity contribution >= 4 is 0 Å². The number of benzene rings is 2. The first kappa shape index (κ1) is 12.5. The van der Waals surface area contributed by atoms with Crippen LogP contribution in [0.25, 0.3) is 11.1 Å². The first-order valence-corrected chi connectivity index (χ1v) is 4.69. The summed E-state index contributed by atoms with van der Waals surface area (Å²) >= 11 is 0. The molecule has 0 aliphatic rings. The highest BCUT2D eigenvalue weighted by molar-refractivity contribution is 5.63. The molecule has 0 fully saturated rings. The Balaban J connectivity index is 2.63. The Morgan fingerprint density at radius 1 is 0.444 bits per heavy atom. The van der Waals surface area contributed by atoms with Crippen LogP contribution in [-0.2, 0) is 0 Å². The van der Waals surface area contributed by atoms with E-state index in [1.165, 1.54) is 0 Å². The van der Waals surface area contributed by atoms with Crippen LogP contribution in [0.2, 0.25) is 0 Å². The van der Waals surface area contributed by atoms with E-state index in [1.807, 2.05) is 0 Å². The van der Waals surface area contributed by atoms with Gasteiger partial charge >= 0.3 is 0 Å². The molecule has 0 aromatic heterocycles. The molecule has 94 valence electrons. The fourth-order valence-corrected chi connectivity index (χ4v) is 1.44. The summed E-state index contributed by atoms with van der Waals surface area (Å²) in [5.74, 6) is -9.40. The zero-order valence-electron chi connectivity index (χ0n) is 8.58. The second kappa shape index (κ2) is 4.36. The van der Waals surface area contributed by atoms with Gasteiger partial charge in [0, 0.05) is 0 Å². The van der Waals surface area contributed by atoms with Crippen molar-refractivity contribution in [3.8, 4) is 11.1 Å². The van der Waals surface area contributed by atoms with Gasteiger partial charge in [0.2, 0.25) is 0 Å². The molecule has 2 rings (SSSR count). The molecule has 0 saturated carbocycles. The SMILES string of the molecule is Fc1cc(-c2cc(F)c(F)c(F)c2)cc(F)c1F. The molecule has 0 bridgehead atoms.